The van der Waals surface area contributed by atoms with E-state index in [1.165, 1.54) is 0 Å². The number of nitrogens with zero attached hydrogens (tertiary/aromatic N) is 1. The molecule has 137 valence electrons. The lowest BCUT2D eigenvalue weighted by Crippen LogP contribution is -2.35. The van der Waals surface area contributed by atoms with Crippen molar-refractivity contribution in [2.24, 2.45) is 0 Å². The number of carbonyl (C=O) groups excluding carboxylic acids is 2. The average molecular weight is 354 g/mol. The Balaban J connectivity index is 1.86. The molecule has 1 atom stereocenters. The van der Waals surface area contributed by atoms with Gasteiger partial charge in [-0.2, -0.15) is 0 Å². The summed E-state index contributed by atoms with van der Waals surface area (Å²) in [5, 5.41) is 3.81. The fourth-order valence-corrected chi connectivity index (χ4v) is 2.25. The third kappa shape index (κ3) is 6.97. The summed E-state index contributed by atoms with van der Waals surface area (Å²) in [6.45, 7) is 5.75. The van der Waals surface area contributed by atoms with Crippen LogP contribution in [0.15, 0.2) is 54.6 Å². The number of carbonyl (C=O) groups is 2. The van der Waals surface area contributed by atoms with Crippen molar-refractivity contribution in [3.05, 3.63) is 65.7 Å². The fraction of sp³-hybridized carbons (Fsp3) is 0.333. The zero-order valence-electron chi connectivity index (χ0n) is 15.3. The largest absolute Gasteiger partial charge is 0.489 e. The molecule has 0 fully saturated rings. The molecule has 2 rings (SSSR count). The zero-order chi connectivity index (χ0) is 19.0. The van der Waals surface area contributed by atoms with Crippen LogP contribution in [0.3, 0.4) is 0 Å². The molecule has 5 nitrogen and oxygen atoms in total. The van der Waals surface area contributed by atoms with Gasteiger partial charge in [0.1, 0.15) is 30.3 Å². The molecule has 0 aliphatic heterocycles. The van der Waals surface area contributed by atoms with Gasteiger partial charge in [0.15, 0.2) is 0 Å². The highest BCUT2D eigenvalue weighted by Gasteiger charge is 2.21. The number of rotatable bonds is 7. The summed E-state index contributed by atoms with van der Waals surface area (Å²) in [5.41, 5.74) is 1.35. The first-order valence-electron chi connectivity index (χ1n) is 8.50. The van der Waals surface area contributed by atoms with Gasteiger partial charge in [0.25, 0.3) is 0 Å². The molecule has 0 heterocycles. The predicted molar refractivity (Wildman–Crippen MR) is 99.1 cm³/mol. The number of benzene rings is 2. The Morgan fingerprint density at radius 3 is 2.27 bits per heavy atom. The van der Waals surface area contributed by atoms with Gasteiger partial charge in [-0.3, -0.25) is 0 Å². The van der Waals surface area contributed by atoms with E-state index < -0.39 is 17.7 Å². The van der Waals surface area contributed by atoms with Gasteiger partial charge in [-0.15, -0.1) is 0 Å². The van der Waals surface area contributed by atoms with Crippen LogP contribution in [-0.2, 0) is 22.6 Å². The van der Waals surface area contributed by atoms with E-state index >= 15 is 0 Å². The third-order valence-corrected chi connectivity index (χ3v) is 3.44. The van der Waals surface area contributed by atoms with Gasteiger partial charge >= 0.3 is 6.09 Å². The quantitative estimate of drug-likeness (QED) is 0.707. The standard InChI is InChI=1S/C21H24NO4/c1-21(2,3)26-20(24)22-18(14-23)13-16-9-11-19(12-10-16)25-15-17-7-5-4-6-8-17/h4-12,14,18H,13,15H2,1-3H3/t18-/m0/s1. The Morgan fingerprint density at radius 1 is 1.04 bits per heavy atom. The van der Waals surface area contributed by atoms with Crippen molar-refractivity contribution in [3.63, 3.8) is 0 Å². The molecule has 2 aromatic carbocycles. The van der Waals surface area contributed by atoms with Gasteiger partial charge in [-0.1, -0.05) is 42.5 Å². The number of amides is 1. The second-order valence-electron chi connectivity index (χ2n) is 6.94. The zero-order valence-corrected chi connectivity index (χ0v) is 15.3. The van der Waals surface area contributed by atoms with E-state index in [0.29, 0.717) is 19.3 Å². The van der Waals surface area contributed by atoms with E-state index in [1.807, 2.05) is 54.6 Å². The molecular weight excluding hydrogens is 330 g/mol. The van der Waals surface area contributed by atoms with Crippen molar-refractivity contribution < 1.29 is 19.1 Å². The minimum atomic E-state index is -0.763. The second-order valence-corrected chi connectivity index (χ2v) is 6.94. The molecule has 26 heavy (non-hydrogen) atoms. The summed E-state index contributed by atoms with van der Waals surface area (Å²) in [5.74, 6) is 0.740. The molecule has 0 aliphatic carbocycles. The molecule has 0 aliphatic rings. The van der Waals surface area contributed by atoms with Crippen molar-refractivity contribution in [1.82, 2.24) is 5.32 Å². The van der Waals surface area contributed by atoms with Crippen molar-refractivity contribution in [2.75, 3.05) is 0 Å². The summed E-state index contributed by atoms with van der Waals surface area (Å²) in [7, 11) is 0. The predicted octanol–water partition coefficient (Wildman–Crippen LogP) is 3.92. The molecule has 0 aromatic heterocycles. The smallest absolute Gasteiger partial charge is 0.430 e. The van der Waals surface area contributed by atoms with Crippen LogP contribution in [0.1, 0.15) is 31.9 Å². The molecule has 1 radical (unpaired) electrons. The van der Waals surface area contributed by atoms with Gasteiger partial charge < -0.3 is 14.3 Å². The van der Waals surface area contributed by atoms with E-state index in [9.17, 15) is 9.59 Å². The summed E-state index contributed by atoms with van der Waals surface area (Å²) in [6.07, 6.45) is 0.267. The first kappa shape index (κ1) is 19.5. The Hall–Kier alpha value is -2.82. The van der Waals surface area contributed by atoms with Gasteiger partial charge in [-0.05, 0) is 44.0 Å². The molecule has 0 unspecified atom stereocenters. The minimum Gasteiger partial charge on any atom is -0.489 e. The lowest BCUT2D eigenvalue weighted by atomic mass is 10.1. The maximum absolute atomic E-state index is 11.7. The second kappa shape index (κ2) is 9.04. The lowest BCUT2D eigenvalue weighted by molar-refractivity contribution is -0.109. The SMILES string of the molecule is CC(C)(C)OC(=O)[N][C@H](C=O)Cc1ccc(OCc2ccccc2)cc1. The van der Waals surface area contributed by atoms with Crippen LogP contribution in [0.4, 0.5) is 4.79 Å². The van der Waals surface area contributed by atoms with E-state index in [4.69, 9.17) is 9.47 Å². The van der Waals surface area contributed by atoms with Gasteiger partial charge in [-0.25, -0.2) is 10.1 Å². The maximum Gasteiger partial charge on any atom is 0.430 e. The van der Waals surface area contributed by atoms with Crippen molar-refractivity contribution >= 4 is 12.4 Å². The van der Waals surface area contributed by atoms with Crippen molar-refractivity contribution in [1.29, 1.82) is 0 Å². The third-order valence-electron chi connectivity index (χ3n) is 3.44. The molecule has 0 bridgehead atoms. The van der Waals surface area contributed by atoms with E-state index in [2.05, 4.69) is 5.32 Å². The Labute approximate surface area is 154 Å². The first-order chi connectivity index (χ1) is 12.4. The molecule has 2 aromatic rings. The highest BCUT2D eigenvalue weighted by molar-refractivity contribution is 5.73. The topological polar surface area (TPSA) is 66.7 Å². The molecular formula is C21H24NO4. The minimum absolute atomic E-state index is 0.335. The number of hydrogen-bond acceptors (Lipinski definition) is 4. The van der Waals surface area contributed by atoms with Crippen LogP contribution in [-0.4, -0.2) is 24.0 Å². The van der Waals surface area contributed by atoms with Crippen LogP contribution in [0.25, 0.3) is 0 Å². The van der Waals surface area contributed by atoms with Crippen LogP contribution < -0.4 is 10.1 Å². The van der Waals surface area contributed by atoms with Crippen molar-refractivity contribution in [3.8, 4) is 5.75 Å². The van der Waals surface area contributed by atoms with Crippen LogP contribution in [0, 0.1) is 0 Å². The van der Waals surface area contributed by atoms with Gasteiger partial charge in [0.2, 0.25) is 0 Å². The van der Waals surface area contributed by atoms with E-state index in [1.54, 1.807) is 20.8 Å². The van der Waals surface area contributed by atoms with Gasteiger partial charge in [0.05, 0.1) is 0 Å². The van der Waals surface area contributed by atoms with E-state index in [0.717, 1.165) is 16.9 Å². The summed E-state index contributed by atoms with van der Waals surface area (Å²) in [6, 6.07) is 16.5. The number of ether oxygens (including phenoxy) is 2. The Bertz CT molecular complexity index is 705. The van der Waals surface area contributed by atoms with E-state index in [-0.39, 0.29) is 0 Å². The summed E-state index contributed by atoms with van der Waals surface area (Å²) in [4.78, 5) is 22.9. The van der Waals surface area contributed by atoms with Gasteiger partial charge in [0, 0.05) is 6.42 Å². The highest BCUT2D eigenvalue weighted by atomic mass is 16.6. The summed E-state index contributed by atoms with van der Waals surface area (Å²) < 4.78 is 10.8. The lowest BCUT2D eigenvalue weighted by Gasteiger charge is -2.20. The van der Waals surface area contributed by atoms with Crippen LogP contribution in [0.5, 0.6) is 5.75 Å². The number of hydrogen-bond donors (Lipinski definition) is 0. The monoisotopic (exact) mass is 354 g/mol. The fourth-order valence-electron chi connectivity index (χ4n) is 2.25. The molecule has 0 saturated carbocycles. The molecule has 0 spiro atoms. The summed E-state index contributed by atoms with van der Waals surface area (Å²) >= 11 is 0. The Morgan fingerprint density at radius 2 is 1.69 bits per heavy atom. The first-order valence-corrected chi connectivity index (χ1v) is 8.50. The average Bonchev–Trinajstić information content (AvgIpc) is 2.60. The molecule has 1 amide bonds. The molecule has 5 heteroatoms. The van der Waals surface area contributed by atoms with Crippen LogP contribution >= 0.6 is 0 Å². The maximum atomic E-state index is 11.7. The molecule has 0 N–H and O–H groups in total. The highest BCUT2D eigenvalue weighted by Crippen LogP contribution is 2.15. The normalized spacial score (nSPS) is 12.1. The van der Waals surface area contributed by atoms with Crippen LogP contribution in [0.2, 0.25) is 0 Å². The Kier molecular flexibility index (Phi) is 6.78. The number of aldehydes is 1. The van der Waals surface area contributed by atoms with Crippen molar-refractivity contribution in [2.45, 2.75) is 45.4 Å². The molecule has 0 saturated heterocycles.